The van der Waals surface area contributed by atoms with Crippen molar-refractivity contribution in [2.75, 3.05) is 12.3 Å². The molecule has 8 heteroatoms. The smallest absolute Gasteiger partial charge is 0.291 e. The third-order valence-corrected chi connectivity index (χ3v) is 2.92. The van der Waals surface area contributed by atoms with Crippen LogP contribution in [0, 0.1) is 17.1 Å². The molecular weight excluding hydrogens is 275 g/mol. The van der Waals surface area contributed by atoms with Crippen molar-refractivity contribution in [2.24, 2.45) is 0 Å². The summed E-state index contributed by atoms with van der Waals surface area (Å²) in [5.74, 6) is -0.981. The van der Waals surface area contributed by atoms with Gasteiger partial charge in [-0.15, -0.1) is 5.10 Å². The summed E-state index contributed by atoms with van der Waals surface area (Å²) in [6, 6.07) is 5.98. The number of hydrogen-bond acceptors (Lipinski definition) is 5. The molecule has 0 unspecified atom stereocenters. The van der Waals surface area contributed by atoms with Gasteiger partial charge in [0.15, 0.2) is 0 Å². The van der Waals surface area contributed by atoms with Crippen molar-refractivity contribution < 1.29 is 9.18 Å². The van der Waals surface area contributed by atoms with E-state index in [-0.39, 0.29) is 23.9 Å². The Kier molecular flexibility index (Phi) is 4.13. The van der Waals surface area contributed by atoms with Gasteiger partial charge in [-0.1, -0.05) is 6.07 Å². The largest absolute Gasteiger partial charge is 0.366 e. The van der Waals surface area contributed by atoms with Crippen molar-refractivity contribution in [1.29, 1.82) is 5.26 Å². The van der Waals surface area contributed by atoms with E-state index < -0.39 is 11.7 Å². The first-order chi connectivity index (χ1) is 10.0. The number of aromatic amines is 1. The summed E-state index contributed by atoms with van der Waals surface area (Å²) in [6.07, 6.45) is 0. The molecule has 2 aromatic rings. The number of nitriles is 1. The molecule has 0 bridgehead atoms. The number of amides is 1. The first-order valence-electron chi connectivity index (χ1n) is 6.20. The molecule has 0 aliphatic heterocycles. The quantitative estimate of drug-likeness (QED) is 0.873. The van der Waals surface area contributed by atoms with Crippen LogP contribution in [-0.2, 0) is 6.54 Å². The molecule has 3 N–H and O–H groups in total. The third-order valence-electron chi connectivity index (χ3n) is 2.92. The predicted octanol–water partition coefficient (Wildman–Crippen LogP) is 1.06. The number of carbonyl (C=O) groups excluding carboxylic acids is 1. The lowest BCUT2D eigenvalue weighted by Crippen LogP contribution is -2.31. The van der Waals surface area contributed by atoms with Crippen molar-refractivity contribution in [3.05, 3.63) is 41.0 Å². The number of nitrogens with one attached hydrogen (secondary N) is 1. The molecule has 0 spiro atoms. The third kappa shape index (κ3) is 3.14. The number of nitrogen functional groups attached to an aromatic ring is 1. The van der Waals surface area contributed by atoms with Gasteiger partial charge in [-0.05, 0) is 19.1 Å². The fraction of sp³-hybridized carbons (Fsp3) is 0.231. The van der Waals surface area contributed by atoms with Crippen LogP contribution < -0.4 is 5.73 Å². The van der Waals surface area contributed by atoms with E-state index >= 15 is 0 Å². The molecule has 0 atom stereocenters. The molecule has 1 amide bonds. The standard InChI is InChI=1S/C13H13FN6O/c1-2-20(12(21)11-17-13(16)19-18-11)7-9-4-3-8(6-15)5-10(9)14/h3-5H,2,7H2,1H3,(H3,16,17,18,19). The van der Waals surface area contributed by atoms with E-state index in [1.54, 1.807) is 6.92 Å². The van der Waals surface area contributed by atoms with Gasteiger partial charge in [-0.3, -0.25) is 9.89 Å². The van der Waals surface area contributed by atoms with Gasteiger partial charge in [-0.25, -0.2) is 4.39 Å². The van der Waals surface area contributed by atoms with E-state index in [2.05, 4.69) is 15.2 Å². The molecule has 1 heterocycles. The molecular formula is C13H13FN6O. The van der Waals surface area contributed by atoms with E-state index in [1.807, 2.05) is 6.07 Å². The molecule has 0 aliphatic rings. The van der Waals surface area contributed by atoms with Crippen LogP contribution in [0.5, 0.6) is 0 Å². The van der Waals surface area contributed by atoms with Crippen LogP contribution >= 0.6 is 0 Å². The molecule has 0 saturated heterocycles. The Labute approximate surface area is 120 Å². The summed E-state index contributed by atoms with van der Waals surface area (Å²) in [4.78, 5) is 17.3. The Morgan fingerprint density at radius 1 is 1.57 bits per heavy atom. The molecule has 2 rings (SSSR count). The van der Waals surface area contributed by atoms with Crippen molar-refractivity contribution in [3.8, 4) is 6.07 Å². The molecule has 7 nitrogen and oxygen atoms in total. The van der Waals surface area contributed by atoms with Crippen LogP contribution in [0.1, 0.15) is 28.7 Å². The van der Waals surface area contributed by atoms with Gasteiger partial charge in [0.1, 0.15) is 5.82 Å². The maximum absolute atomic E-state index is 13.9. The molecule has 0 saturated carbocycles. The van der Waals surface area contributed by atoms with Gasteiger partial charge < -0.3 is 10.6 Å². The van der Waals surface area contributed by atoms with Crippen LogP contribution in [-0.4, -0.2) is 32.5 Å². The van der Waals surface area contributed by atoms with Crippen molar-refractivity contribution >= 4 is 11.9 Å². The lowest BCUT2D eigenvalue weighted by Gasteiger charge is -2.19. The molecule has 0 fully saturated rings. The molecule has 108 valence electrons. The van der Waals surface area contributed by atoms with Crippen LogP contribution in [0.4, 0.5) is 10.3 Å². The number of carbonyl (C=O) groups is 1. The van der Waals surface area contributed by atoms with Crippen molar-refractivity contribution in [2.45, 2.75) is 13.5 Å². The first-order valence-corrected chi connectivity index (χ1v) is 6.20. The van der Waals surface area contributed by atoms with E-state index in [4.69, 9.17) is 11.0 Å². The van der Waals surface area contributed by atoms with E-state index in [0.717, 1.165) is 6.07 Å². The highest BCUT2D eigenvalue weighted by Crippen LogP contribution is 2.14. The average molecular weight is 288 g/mol. The van der Waals surface area contributed by atoms with Crippen LogP contribution in [0.3, 0.4) is 0 Å². The van der Waals surface area contributed by atoms with E-state index in [1.165, 1.54) is 17.0 Å². The highest BCUT2D eigenvalue weighted by Gasteiger charge is 2.19. The van der Waals surface area contributed by atoms with Crippen LogP contribution in [0.15, 0.2) is 18.2 Å². The highest BCUT2D eigenvalue weighted by molar-refractivity contribution is 5.90. The van der Waals surface area contributed by atoms with E-state index in [9.17, 15) is 9.18 Å². The van der Waals surface area contributed by atoms with Crippen LogP contribution in [0.25, 0.3) is 0 Å². The summed E-state index contributed by atoms with van der Waals surface area (Å²) in [6.45, 7) is 2.19. The number of nitrogens with zero attached hydrogens (tertiary/aromatic N) is 4. The predicted molar refractivity (Wildman–Crippen MR) is 72.3 cm³/mol. The maximum atomic E-state index is 13.9. The average Bonchev–Trinajstić information content (AvgIpc) is 2.92. The second-order valence-corrected chi connectivity index (χ2v) is 4.28. The number of hydrogen-bond donors (Lipinski definition) is 2. The Morgan fingerprint density at radius 3 is 2.86 bits per heavy atom. The molecule has 21 heavy (non-hydrogen) atoms. The maximum Gasteiger partial charge on any atom is 0.291 e. The van der Waals surface area contributed by atoms with Gasteiger partial charge in [0.2, 0.25) is 11.8 Å². The fourth-order valence-corrected chi connectivity index (χ4v) is 1.80. The van der Waals surface area contributed by atoms with Crippen molar-refractivity contribution in [1.82, 2.24) is 20.1 Å². The zero-order valence-corrected chi connectivity index (χ0v) is 11.3. The molecule has 0 radical (unpaired) electrons. The first kappa shape index (κ1) is 14.5. The normalized spacial score (nSPS) is 10.1. The number of benzene rings is 1. The van der Waals surface area contributed by atoms with Crippen LogP contribution in [0.2, 0.25) is 0 Å². The molecule has 0 aliphatic carbocycles. The number of anilines is 1. The minimum atomic E-state index is -0.530. The number of nitrogens with two attached hydrogens (primary N) is 1. The summed E-state index contributed by atoms with van der Waals surface area (Å²) < 4.78 is 13.9. The molecule has 1 aromatic heterocycles. The fourth-order valence-electron chi connectivity index (χ4n) is 1.80. The summed E-state index contributed by atoms with van der Waals surface area (Å²) in [5.41, 5.74) is 5.90. The Bertz CT molecular complexity index is 705. The van der Waals surface area contributed by atoms with E-state index in [0.29, 0.717) is 12.1 Å². The highest BCUT2D eigenvalue weighted by atomic mass is 19.1. The topological polar surface area (TPSA) is 112 Å². The SMILES string of the molecule is CCN(Cc1ccc(C#N)cc1F)C(=O)c1nc(N)n[nH]1. The second kappa shape index (κ2) is 6.00. The number of aromatic nitrogens is 3. The summed E-state index contributed by atoms with van der Waals surface area (Å²) in [7, 11) is 0. The number of halogens is 1. The second-order valence-electron chi connectivity index (χ2n) is 4.28. The number of rotatable bonds is 4. The van der Waals surface area contributed by atoms with Gasteiger partial charge in [0.25, 0.3) is 5.91 Å². The zero-order chi connectivity index (χ0) is 15.4. The summed E-state index contributed by atoms with van der Waals surface area (Å²) >= 11 is 0. The number of H-pyrrole nitrogens is 1. The van der Waals surface area contributed by atoms with Gasteiger partial charge in [0, 0.05) is 18.7 Å². The van der Waals surface area contributed by atoms with Gasteiger partial charge in [-0.2, -0.15) is 10.2 Å². The summed E-state index contributed by atoms with van der Waals surface area (Å²) in [5, 5.41) is 14.7. The monoisotopic (exact) mass is 288 g/mol. The minimum Gasteiger partial charge on any atom is -0.366 e. The minimum absolute atomic E-state index is 0.00315. The lowest BCUT2D eigenvalue weighted by molar-refractivity contribution is 0.0739. The van der Waals surface area contributed by atoms with Gasteiger partial charge in [0.05, 0.1) is 11.6 Å². The Balaban J connectivity index is 2.19. The van der Waals surface area contributed by atoms with Crippen molar-refractivity contribution in [3.63, 3.8) is 0 Å². The Hall–Kier alpha value is -2.95. The molecule has 1 aromatic carbocycles. The van der Waals surface area contributed by atoms with Gasteiger partial charge >= 0.3 is 0 Å². The Morgan fingerprint density at radius 2 is 2.33 bits per heavy atom. The zero-order valence-electron chi connectivity index (χ0n) is 11.3. The lowest BCUT2D eigenvalue weighted by atomic mass is 10.1.